The normalized spacial score (nSPS) is 20.4. The van der Waals surface area contributed by atoms with Crippen LogP contribution in [0, 0.1) is 6.92 Å². The first-order valence-corrected chi connectivity index (χ1v) is 4.69. The van der Waals surface area contributed by atoms with Crippen molar-refractivity contribution in [2.75, 3.05) is 0 Å². The van der Waals surface area contributed by atoms with Crippen molar-refractivity contribution in [3.63, 3.8) is 0 Å². The zero-order valence-corrected chi connectivity index (χ0v) is 8.04. The van der Waals surface area contributed by atoms with Crippen molar-refractivity contribution in [2.24, 2.45) is 0 Å². The summed E-state index contributed by atoms with van der Waals surface area (Å²) < 4.78 is 0. The summed E-state index contributed by atoms with van der Waals surface area (Å²) in [6.07, 6.45) is 2.15. The molecule has 0 aliphatic heterocycles. The SMILES string of the molecule is Cc1nc2c(nc1CO)CC[C@H]2C. The molecule has 3 nitrogen and oxygen atoms in total. The second kappa shape index (κ2) is 3.07. The predicted molar refractivity (Wildman–Crippen MR) is 49.4 cm³/mol. The molecule has 1 aromatic heterocycles. The van der Waals surface area contributed by atoms with Crippen molar-refractivity contribution in [1.29, 1.82) is 0 Å². The Balaban J connectivity index is 2.50. The van der Waals surface area contributed by atoms with Crippen LogP contribution in [0.1, 0.15) is 42.0 Å². The highest BCUT2D eigenvalue weighted by molar-refractivity contribution is 5.26. The molecule has 0 unspecified atom stereocenters. The van der Waals surface area contributed by atoms with E-state index >= 15 is 0 Å². The van der Waals surface area contributed by atoms with Gasteiger partial charge in [-0.25, -0.2) is 0 Å². The maximum absolute atomic E-state index is 9.01. The van der Waals surface area contributed by atoms with Gasteiger partial charge in [-0.3, -0.25) is 9.97 Å². The Morgan fingerprint density at radius 2 is 2.23 bits per heavy atom. The summed E-state index contributed by atoms with van der Waals surface area (Å²) in [6, 6.07) is 0. The summed E-state index contributed by atoms with van der Waals surface area (Å²) in [6.45, 7) is 4.09. The van der Waals surface area contributed by atoms with E-state index < -0.39 is 0 Å². The van der Waals surface area contributed by atoms with Gasteiger partial charge in [0.05, 0.1) is 29.4 Å². The van der Waals surface area contributed by atoms with E-state index in [0.717, 1.165) is 35.6 Å². The van der Waals surface area contributed by atoms with E-state index in [1.54, 1.807) is 0 Å². The van der Waals surface area contributed by atoms with Crippen molar-refractivity contribution >= 4 is 0 Å². The van der Waals surface area contributed by atoms with Gasteiger partial charge in [0.2, 0.25) is 0 Å². The van der Waals surface area contributed by atoms with Gasteiger partial charge in [0, 0.05) is 5.92 Å². The van der Waals surface area contributed by atoms with E-state index in [1.807, 2.05) is 6.92 Å². The predicted octanol–water partition coefficient (Wildman–Crippen LogP) is 1.33. The number of rotatable bonds is 1. The molecular formula is C10H14N2O. The Labute approximate surface area is 77.8 Å². The molecule has 0 spiro atoms. The summed E-state index contributed by atoms with van der Waals surface area (Å²) >= 11 is 0. The molecule has 1 atom stereocenters. The third-order valence-corrected chi connectivity index (χ3v) is 2.70. The summed E-state index contributed by atoms with van der Waals surface area (Å²) in [4.78, 5) is 8.89. The van der Waals surface area contributed by atoms with E-state index in [4.69, 9.17) is 5.11 Å². The largest absolute Gasteiger partial charge is 0.390 e. The quantitative estimate of drug-likeness (QED) is 0.705. The zero-order chi connectivity index (χ0) is 9.42. The lowest BCUT2D eigenvalue weighted by Crippen LogP contribution is -2.03. The molecule has 0 saturated heterocycles. The minimum absolute atomic E-state index is 0.000490. The van der Waals surface area contributed by atoms with Crippen molar-refractivity contribution < 1.29 is 5.11 Å². The first-order chi connectivity index (χ1) is 6.22. The van der Waals surface area contributed by atoms with Gasteiger partial charge >= 0.3 is 0 Å². The average Bonchev–Trinajstić information content (AvgIpc) is 2.47. The molecular weight excluding hydrogens is 164 g/mol. The lowest BCUT2D eigenvalue weighted by atomic mass is 10.1. The molecule has 0 saturated carbocycles. The molecule has 3 heteroatoms. The Morgan fingerprint density at radius 3 is 2.92 bits per heavy atom. The van der Waals surface area contributed by atoms with E-state index in [9.17, 15) is 0 Å². The van der Waals surface area contributed by atoms with Crippen LogP contribution in [0.15, 0.2) is 0 Å². The second-order valence-electron chi connectivity index (χ2n) is 3.69. The molecule has 0 radical (unpaired) electrons. The first kappa shape index (κ1) is 8.63. The standard InChI is InChI=1S/C10H14N2O/c1-6-3-4-8-10(6)11-7(2)9(5-13)12-8/h6,13H,3-5H2,1-2H3/t6-/m1/s1. The van der Waals surface area contributed by atoms with Crippen molar-refractivity contribution in [3.8, 4) is 0 Å². The first-order valence-electron chi connectivity index (χ1n) is 4.69. The molecule has 1 aliphatic carbocycles. The molecule has 1 N–H and O–H groups in total. The highest BCUT2D eigenvalue weighted by Crippen LogP contribution is 2.30. The van der Waals surface area contributed by atoms with Crippen LogP contribution in [0.25, 0.3) is 0 Å². The van der Waals surface area contributed by atoms with Crippen molar-refractivity contribution in [1.82, 2.24) is 9.97 Å². The van der Waals surface area contributed by atoms with Crippen LogP contribution < -0.4 is 0 Å². The van der Waals surface area contributed by atoms with Gasteiger partial charge < -0.3 is 5.11 Å². The summed E-state index contributed by atoms with van der Waals surface area (Å²) in [5.41, 5.74) is 3.82. The Morgan fingerprint density at radius 1 is 1.46 bits per heavy atom. The van der Waals surface area contributed by atoms with E-state index in [0.29, 0.717) is 5.92 Å². The lowest BCUT2D eigenvalue weighted by molar-refractivity contribution is 0.275. The van der Waals surface area contributed by atoms with E-state index in [1.165, 1.54) is 0 Å². The minimum Gasteiger partial charge on any atom is -0.390 e. The monoisotopic (exact) mass is 178 g/mol. The maximum Gasteiger partial charge on any atom is 0.0873 e. The summed E-state index contributed by atoms with van der Waals surface area (Å²) in [7, 11) is 0. The molecule has 0 bridgehead atoms. The molecule has 70 valence electrons. The lowest BCUT2D eigenvalue weighted by Gasteiger charge is -2.06. The smallest absolute Gasteiger partial charge is 0.0873 e. The van der Waals surface area contributed by atoms with Crippen LogP contribution >= 0.6 is 0 Å². The van der Waals surface area contributed by atoms with Crippen molar-refractivity contribution in [2.45, 2.75) is 39.2 Å². The fourth-order valence-electron chi connectivity index (χ4n) is 1.83. The Kier molecular flexibility index (Phi) is 2.04. The van der Waals surface area contributed by atoms with Crippen LogP contribution in [0.5, 0.6) is 0 Å². The van der Waals surface area contributed by atoms with Gasteiger partial charge in [0.15, 0.2) is 0 Å². The average molecular weight is 178 g/mol. The highest BCUT2D eigenvalue weighted by Gasteiger charge is 2.22. The third kappa shape index (κ3) is 1.33. The number of aliphatic hydroxyl groups is 1. The van der Waals surface area contributed by atoms with Gasteiger partial charge in [-0.1, -0.05) is 6.92 Å². The van der Waals surface area contributed by atoms with Gasteiger partial charge in [0.1, 0.15) is 0 Å². The highest BCUT2D eigenvalue weighted by atomic mass is 16.3. The van der Waals surface area contributed by atoms with Gasteiger partial charge in [0.25, 0.3) is 0 Å². The summed E-state index contributed by atoms with van der Waals surface area (Å²) in [5, 5.41) is 9.01. The molecule has 1 heterocycles. The van der Waals surface area contributed by atoms with E-state index in [2.05, 4.69) is 16.9 Å². The molecule has 1 aromatic rings. The molecule has 0 aromatic carbocycles. The fourth-order valence-corrected chi connectivity index (χ4v) is 1.83. The maximum atomic E-state index is 9.01. The zero-order valence-electron chi connectivity index (χ0n) is 8.04. The van der Waals surface area contributed by atoms with Crippen LogP contribution in [-0.2, 0) is 13.0 Å². The Bertz CT molecular complexity index is 336. The third-order valence-electron chi connectivity index (χ3n) is 2.70. The minimum atomic E-state index is 0.000490. The molecule has 0 amide bonds. The number of hydrogen-bond acceptors (Lipinski definition) is 3. The van der Waals surface area contributed by atoms with Gasteiger partial charge in [-0.2, -0.15) is 0 Å². The van der Waals surface area contributed by atoms with Crippen molar-refractivity contribution in [3.05, 3.63) is 22.8 Å². The van der Waals surface area contributed by atoms with Crippen LogP contribution in [-0.4, -0.2) is 15.1 Å². The number of fused-ring (bicyclic) bond motifs is 1. The van der Waals surface area contributed by atoms with Gasteiger partial charge in [-0.05, 0) is 19.8 Å². The number of aryl methyl sites for hydroxylation is 2. The number of aromatic nitrogens is 2. The van der Waals surface area contributed by atoms with Crippen LogP contribution in [0.2, 0.25) is 0 Å². The molecule has 0 fully saturated rings. The molecule has 1 aliphatic rings. The number of aliphatic hydroxyl groups excluding tert-OH is 1. The number of hydrogen-bond donors (Lipinski definition) is 1. The molecule has 2 rings (SSSR count). The molecule has 13 heavy (non-hydrogen) atoms. The second-order valence-corrected chi connectivity index (χ2v) is 3.69. The Hall–Kier alpha value is -0.960. The fraction of sp³-hybridized carbons (Fsp3) is 0.600. The van der Waals surface area contributed by atoms with Gasteiger partial charge in [-0.15, -0.1) is 0 Å². The van der Waals surface area contributed by atoms with Crippen LogP contribution in [0.4, 0.5) is 0 Å². The number of nitrogens with zero attached hydrogens (tertiary/aromatic N) is 2. The topological polar surface area (TPSA) is 46.0 Å². The van der Waals surface area contributed by atoms with Crippen LogP contribution in [0.3, 0.4) is 0 Å². The van der Waals surface area contributed by atoms with E-state index in [-0.39, 0.29) is 6.61 Å². The summed E-state index contributed by atoms with van der Waals surface area (Å²) in [5.74, 6) is 0.536.